The van der Waals surface area contributed by atoms with Crippen LogP contribution in [0.5, 0.6) is 0 Å². The Morgan fingerprint density at radius 2 is 2.09 bits per heavy atom. The van der Waals surface area contributed by atoms with Crippen molar-refractivity contribution in [2.24, 2.45) is 5.41 Å². The summed E-state index contributed by atoms with van der Waals surface area (Å²) in [4.78, 5) is 14.7. The van der Waals surface area contributed by atoms with E-state index in [1.54, 1.807) is 0 Å². The van der Waals surface area contributed by atoms with Crippen LogP contribution in [0.15, 0.2) is 30.3 Å². The van der Waals surface area contributed by atoms with Gasteiger partial charge in [-0.1, -0.05) is 43.7 Å². The van der Waals surface area contributed by atoms with Gasteiger partial charge in [0, 0.05) is 13.1 Å². The Labute approximate surface area is 146 Å². The number of hydrogen-bond acceptors (Lipinski definition) is 2. The molecule has 23 heavy (non-hydrogen) atoms. The maximum absolute atomic E-state index is 12.6. The minimum absolute atomic E-state index is 0. The molecule has 3 rings (SSSR count). The number of rotatable bonds is 4. The Kier molecular flexibility index (Phi) is 6.49. The fourth-order valence-corrected chi connectivity index (χ4v) is 3.79. The van der Waals surface area contributed by atoms with Crippen molar-refractivity contribution >= 4 is 18.3 Å². The fraction of sp³-hybridized carbons (Fsp3) is 0.632. The highest BCUT2D eigenvalue weighted by molar-refractivity contribution is 5.85. The summed E-state index contributed by atoms with van der Waals surface area (Å²) < 4.78 is 0. The largest absolute Gasteiger partial charge is 0.341 e. The lowest BCUT2D eigenvalue weighted by Crippen LogP contribution is -2.48. The molecule has 2 unspecified atom stereocenters. The molecule has 1 N–H and O–H groups in total. The predicted octanol–water partition coefficient (Wildman–Crippen LogP) is 3.42. The van der Waals surface area contributed by atoms with E-state index in [1.165, 1.54) is 24.8 Å². The van der Waals surface area contributed by atoms with Gasteiger partial charge in [0.15, 0.2) is 0 Å². The molecular formula is C19H29ClN2O. The molecule has 0 aliphatic carbocycles. The van der Waals surface area contributed by atoms with Gasteiger partial charge in [-0.2, -0.15) is 0 Å². The summed E-state index contributed by atoms with van der Waals surface area (Å²) in [6.45, 7) is 5.20. The zero-order chi connectivity index (χ0) is 15.4. The maximum atomic E-state index is 12.6. The molecule has 2 fully saturated rings. The number of halogens is 1. The highest BCUT2D eigenvalue weighted by Crippen LogP contribution is 2.35. The van der Waals surface area contributed by atoms with Crippen LogP contribution in [-0.2, 0) is 11.2 Å². The number of likely N-dealkylation sites (tertiary alicyclic amines) is 1. The first-order valence-electron chi connectivity index (χ1n) is 8.72. The van der Waals surface area contributed by atoms with Gasteiger partial charge in [-0.25, -0.2) is 0 Å². The van der Waals surface area contributed by atoms with Crippen LogP contribution in [0.2, 0.25) is 0 Å². The van der Waals surface area contributed by atoms with Gasteiger partial charge in [0.05, 0.1) is 6.04 Å². The van der Waals surface area contributed by atoms with E-state index < -0.39 is 0 Å². The monoisotopic (exact) mass is 336 g/mol. The van der Waals surface area contributed by atoms with Crippen LogP contribution in [0.1, 0.15) is 44.6 Å². The van der Waals surface area contributed by atoms with Crippen molar-refractivity contribution in [1.29, 1.82) is 0 Å². The number of carbonyl (C=O) groups is 1. The third kappa shape index (κ3) is 4.71. The molecule has 0 saturated carbocycles. The second-order valence-electron chi connectivity index (χ2n) is 7.31. The molecule has 1 aromatic carbocycles. The molecule has 0 radical (unpaired) electrons. The van der Waals surface area contributed by atoms with Crippen molar-refractivity contribution in [3.63, 3.8) is 0 Å². The van der Waals surface area contributed by atoms with E-state index in [1.807, 2.05) is 0 Å². The topological polar surface area (TPSA) is 32.3 Å². The third-order valence-electron chi connectivity index (χ3n) is 5.34. The Hall–Kier alpha value is -1.06. The van der Waals surface area contributed by atoms with Crippen LogP contribution >= 0.6 is 12.4 Å². The highest BCUT2D eigenvalue weighted by atomic mass is 35.5. The molecular weight excluding hydrogens is 308 g/mol. The average molecular weight is 337 g/mol. The lowest BCUT2D eigenvalue weighted by atomic mass is 9.83. The lowest BCUT2D eigenvalue weighted by molar-refractivity contribution is -0.133. The molecule has 2 heterocycles. The molecule has 128 valence electrons. The van der Waals surface area contributed by atoms with Crippen LogP contribution in [-0.4, -0.2) is 36.5 Å². The predicted molar refractivity (Wildman–Crippen MR) is 97.0 cm³/mol. The van der Waals surface area contributed by atoms with E-state index in [-0.39, 0.29) is 23.9 Å². The Balaban J connectivity index is 0.00000192. The molecule has 1 aromatic rings. The van der Waals surface area contributed by atoms with Crippen molar-refractivity contribution in [2.75, 3.05) is 19.6 Å². The maximum Gasteiger partial charge on any atom is 0.239 e. The van der Waals surface area contributed by atoms with Crippen LogP contribution in [0, 0.1) is 5.41 Å². The summed E-state index contributed by atoms with van der Waals surface area (Å²) in [6, 6.07) is 10.8. The number of nitrogens with zero attached hydrogens (tertiary/aromatic N) is 1. The van der Waals surface area contributed by atoms with E-state index in [2.05, 4.69) is 47.5 Å². The van der Waals surface area contributed by atoms with Gasteiger partial charge in [-0.15, -0.1) is 12.4 Å². The minimum Gasteiger partial charge on any atom is -0.341 e. The standard InChI is InChI=1S/C19H28N2O.ClH/c1-19(11-10-16-7-3-2-4-8-16)12-14-21(15-19)18(22)17-9-5-6-13-20-17;/h2-4,7-8,17,20H,5-6,9-15H2,1H3;1H. The normalized spacial score (nSPS) is 27.5. The molecule has 2 atom stereocenters. The number of carbonyl (C=O) groups excluding carboxylic acids is 1. The van der Waals surface area contributed by atoms with Crippen molar-refractivity contribution in [2.45, 2.75) is 51.5 Å². The summed E-state index contributed by atoms with van der Waals surface area (Å²) in [5, 5.41) is 3.39. The number of aryl methyl sites for hydroxylation is 1. The van der Waals surface area contributed by atoms with Gasteiger partial charge < -0.3 is 10.2 Å². The summed E-state index contributed by atoms with van der Waals surface area (Å²) in [5.41, 5.74) is 1.68. The van der Waals surface area contributed by atoms with Crippen molar-refractivity contribution < 1.29 is 4.79 Å². The van der Waals surface area contributed by atoms with E-state index in [9.17, 15) is 4.79 Å². The number of nitrogens with one attached hydrogen (secondary N) is 1. The first-order valence-corrected chi connectivity index (χ1v) is 8.72. The summed E-state index contributed by atoms with van der Waals surface area (Å²) in [5.74, 6) is 0.336. The van der Waals surface area contributed by atoms with Crippen LogP contribution in [0.3, 0.4) is 0 Å². The molecule has 0 spiro atoms. The first-order chi connectivity index (χ1) is 10.7. The molecule has 2 aliphatic heterocycles. The first kappa shape index (κ1) is 18.3. The number of amides is 1. The number of benzene rings is 1. The molecule has 0 aromatic heterocycles. The zero-order valence-electron chi connectivity index (χ0n) is 14.1. The molecule has 4 heteroatoms. The minimum atomic E-state index is 0. The number of hydrogen-bond donors (Lipinski definition) is 1. The second-order valence-corrected chi connectivity index (χ2v) is 7.31. The quantitative estimate of drug-likeness (QED) is 0.913. The summed E-state index contributed by atoms with van der Waals surface area (Å²) in [6.07, 6.45) is 6.81. The zero-order valence-corrected chi connectivity index (χ0v) is 14.9. The smallest absolute Gasteiger partial charge is 0.239 e. The summed E-state index contributed by atoms with van der Waals surface area (Å²) in [7, 11) is 0. The molecule has 0 bridgehead atoms. The molecule has 3 nitrogen and oxygen atoms in total. The third-order valence-corrected chi connectivity index (χ3v) is 5.34. The van der Waals surface area contributed by atoms with E-state index in [0.717, 1.165) is 38.9 Å². The molecule has 2 aliphatic rings. The van der Waals surface area contributed by atoms with E-state index in [0.29, 0.717) is 5.91 Å². The van der Waals surface area contributed by atoms with Crippen molar-refractivity contribution in [3.8, 4) is 0 Å². The van der Waals surface area contributed by atoms with Crippen LogP contribution in [0.4, 0.5) is 0 Å². The Bertz CT molecular complexity index is 501. The fourth-order valence-electron chi connectivity index (χ4n) is 3.79. The van der Waals surface area contributed by atoms with Crippen LogP contribution in [0.25, 0.3) is 0 Å². The van der Waals surface area contributed by atoms with Crippen molar-refractivity contribution in [3.05, 3.63) is 35.9 Å². The summed E-state index contributed by atoms with van der Waals surface area (Å²) >= 11 is 0. The Morgan fingerprint density at radius 3 is 2.78 bits per heavy atom. The molecule has 2 saturated heterocycles. The number of piperidine rings is 1. The van der Waals surface area contributed by atoms with Crippen molar-refractivity contribution in [1.82, 2.24) is 10.2 Å². The van der Waals surface area contributed by atoms with Gasteiger partial charge in [0.2, 0.25) is 5.91 Å². The van der Waals surface area contributed by atoms with Gasteiger partial charge >= 0.3 is 0 Å². The van der Waals surface area contributed by atoms with E-state index >= 15 is 0 Å². The highest BCUT2D eigenvalue weighted by Gasteiger charge is 2.37. The van der Waals surface area contributed by atoms with Gasteiger partial charge in [-0.05, 0) is 49.6 Å². The lowest BCUT2D eigenvalue weighted by Gasteiger charge is -2.29. The van der Waals surface area contributed by atoms with Gasteiger partial charge in [0.25, 0.3) is 0 Å². The SMILES string of the molecule is CC1(CCc2ccccc2)CCN(C(=O)C2CCCCN2)C1.Cl. The second kappa shape index (κ2) is 8.16. The van der Waals surface area contributed by atoms with Gasteiger partial charge in [-0.3, -0.25) is 4.79 Å². The average Bonchev–Trinajstić information content (AvgIpc) is 2.97. The Morgan fingerprint density at radius 1 is 1.30 bits per heavy atom. The van der Waals surface area contributed by atoms with E-state index in [4.69, 9.17) is 0 Å². The molecule has 1 amide bonds. The van der Waals surface area contributed by atoms with Crippen LogP contribution < -0.4 is 5.32 Å². The van der Waals surface area contributed by atoms with Gasteiger partial charge in [0.1, 0.15) is 0 Å².